The van der Waals surface area contributed by atoms with Gasteiger partial charge in [-0.05, 0) is 123 Å². The van der Waals surface area contributed by atoms with Gasteiger partial charge in [0.25, 0.3) is 0 Å². The molecule has 0 atom stereocenters. The molecule has 0 saturated heterocycles. The summed E-state index contributed by atoms with van der Waals surface area (Å²) in [6.45, 7) is 16.2. The fraction of sp³-hybridized carbons (Fsp3) is 0.333. The Labute approximate surface area is 342 Å². The Kier molecular flexibility index (Phi) is 17.8. The molecule has 4 aromatic rings. The van der Waals surface area contributed by atoms with Crippen LogP contribution in [0.2, 0.25) is 0 Å². The topological polar surface area (TPSA) is 127 Å². The molecule has 2 heterocycles. The molecule has 0 unspecified atom stereocenters. The van der Waals surface area contributed by atoms with Gasteiger partial charge >= 0.3 is 24.5 Å². The molecule has 10 heteroatoms. The molecule has 6 rings (SSSR count). The highest BCUT2D eigenvalue weighted by Crippen LogP contribution is 2.33. The van der Waals surface area contributed by atoms with E-state index in [-0.39, 0.29) is 24.5 Å². The molecule has 0 aromatic heterocycles. The molecule has 4 aromatic carbocycles. The molecule has 0 N–H and O–H groups in total. The zero-order chi connectivity index (χ0) is 42.7. The number of hydrogen-bond donors (Lipinski definition) is 0. The van der Waals surface area contributed by atoms with Crippen LogP contribution in [-0.2, 0) is 28.7 Å². The van der Waals surface area contributed by atoms with Crippen LogP contribution < -0.4 is 0 Å². The van der Waals surface area contributed by atoms with Crippen molar-refractivity contribution in [3.63, 3.8) is 0 Å². The number of nitrogens with zero attached hydrogens (tertiary/aromatic N) is 2. The molecule has 0 spiro atoms. The predicted octanol–water partition coefficient (Wildman–Crippen LogP) is 10.4. The minimum absolute atomic E-state index is 0.217. The van der Waals surface area contributed by atoms with Gasteiger partial charge in [0.15, 0.2) is 0 Å². The number of ether oxygens (including phenoxy) is 2. The molecule has 58 heavy (non-hydrogen) atoms. The summed E-state index contributed by atoms with van der Waals surface area (Å²) in [6, 6.07) is 38.2. The molecular weight excluding hydrogens is 733 g/mol. The monoisotopic (exact) mass is 786 g/mol. The van der Waals surface area contributed by atoms with Gasteiger partial charge in [-0.1, -0.05) is 110 Å². The number of hydrogen-bond acceptors (Lipinski definition) is 8. The Morgan fingerprint density at radius 3 is 1.43 bits per heavy atom. The molecule has 2 amide bonds. The quantitative estimate of drug-likeness (QED) is 0.196. The number of rotatable bonds is 5. The van der Waals surface area contributed by atoms with Gasteiger partial charge in [0, 0.05) is 26.2 Å². The number of carbonyl (C=O) groups is 2. The third kappa shape index (κ3) is 15.0. The largest absolute Gasteiger partial charge is 0.444 e. The van der Waals surface area contributed by atoms with E-state index in [1.807, 2.05) is 58.6 Å². The van der Waals surface area contributed by atoms with E-state index in [0.717, 1.165) is 19.3 Å². The first-order chi connectivity index (χ1) is 27.6. The third-order valence-electron chi connectivity index (χ3n) is 9.04. The van der Waals surface area contributed by atoms with Crippen molar-refractivity contribution in [1.82, 2.24) is 9.80 Å². The van der Waals surface area contributed by atoms with Crippen molar-refractivity contribution in [3.05, 3.63) is 132 Å². The standard InChI is InChI=1S/C24H29NO2.C22H25NO2.2CO2/c1-5-18-17-25(23(26)27-24(2,3)4)15-14-22(18)21-13-9-12-20(16-21)19-10-7-6-8-11-19;1-22(2,3)25-21(24)23-14-12-18(13-15-23)20-11-7-10-19(16-20)17-8-5-4-6-9-17;2*2-1-3/h6-13,16H,5,14-15,17H2,1-4H3;4-12,16H,13-15H2,1-3H3;;. The van der Waals surface area contributed by atoms with E-state index < -0.39 is 11.2 Å². The normalized spacial score (nSPS) is 13.7. The summed E-state index contributed by atoms with van der Waals surface area (Å²) in [5.74, 6) is 0. The molecule has 0 bridgehead atoms. The Morgan fingerprint density at radius 2 is 0.983 bits per heavy atom. The maximum atomic E-state index is 12.4. The summed E-state index contributed by atoms with van der Waals surface area (Å²) in [5.41, 5.74) is 10.4. The van der Waals surface area contributed by atoms with Crippen LogP contribution in [0.25, 0.3) is 33.4 Å². The molecule has 2 aliphatic rings. The van der Waals surface area contributed by atoms with Crippen molar-refractivity contribution < 1.29 is 38.2 Å². The first-order valence-electron chi connectivity index (χ1n) is 19.3. The van der Waals surface area contributed by atoms with E-state index in [4.69, 9.17) is 28.7 Å². The fourth-order valence-electron chi connectivity index (χ4n) is 6.45. The summed E-state index contributed by atoms with van der Waals surface area (Å²) >= 11 is 0. The Hall–Kier alpha value is -6.34. The zero-order valence-electron chi connectivity index (χ0n) is 34.6. The predicted molar refractivity (Wildman–Crippen MR) is 224 cm³/mol. The van der Waals surface area contributed by atoms with Crippen molar-refractivity contribution in [2.24, 2.45) is 0 Å². The number of carbonyl (C=O) groups excluding carboxylic acids is 6. The molecule has 10 nitrogen and oxygen atoms in total. The van der Waals surface area contributed by atoms with Crippen LogP contribution in [0.5, 0.6) is 0 Å². The highest BCUT2D eigenvalue weighted by atomic mass is 16.6. The lowest BCUT2D eigenvalue weighted by molar-refractivity contribution is -0.193. The van der Waals surface area contributed by atoms with Gasteiger partial charge in [-0.2, -0.15) is 19.2 Å². The van der Waals surface area contributed by atoms with Crippen LogP contribution in [0.15, 0.2) is 121 Å². The first kappa shape index (κ1) is 46.0. The van der Waals surface area contributed by atoms with Gasteiger partial charge in [0.05, 0.1) is 0 Å². The van der Waals surface area contributed by atoms with E-state index in [1.54, 1.807) is 4.90 Å². The first-order valence-corrected chi connectivity index (χ1v) is 19.3. The van der Waals surface area contributed by atoms with Gasteiger partial charge in [-0.25, -0.2) is 9.59 Å². The molecule has 0 radical (unpaired) electrons. The summed E-state index contributed by atoms with van der Waals surface area (Å²) in [5, 5.41) is 0. The van der Waals surface area contributed by atoms with Crippen molar-refractivity contribution in [2.45, 2.75) is 78.9 Å². The van der Waals surface area contributed by atoms with E-state index >= 15 is 0 Å². The summed E-state index contributed by atoms with van der Waals surface area (Å²) in [4.78, 5) is 60.7. The minimum atomic E-state index is -0.461. The van der Waals surface area contributed by atoms with Crippen LogP contribution in [0.3, 0.4) is 0 Å². The van der Waals surface area contributed by atoms with Crippen molar-refractivity contribution in [2.75, 3.05) is 26.2 Å². The van der Waals surface area contributed by atoms with E-state index in [1.165, 1.54) is 50.1 Å². The summed E-state index contributed by atoms with van der Waals surface area (Å²) in [6.07, 6.45) is 4.83. The van der Waals surface area contributed by atoms with Gasteiger partial charge in [-0.15, -0.1) is 0 Å². The second-order valence-corrected chi connectivity index (χ2v) is 15.6. The van der Waals surface area contributed by atoms with Crippen molar-refractivity contribution >= 4 is 35.6 Å². The van der Waals surface area contributed by atoms with Gasteiger partial charge in [0.2, 0.25) is 0 Å². The van der Waals surface area contributed by atoms with Gasteiger partial charge in [0.1, 0.15) is 11.2 Å². The molecule has 0 saturated carbocycles. The van der Waals surface area contributed by atoms with E-state index in [9.17, 15) is 9.59 Å². The Balaban J connectivity index is 0.000000274. The lowest BCUT2D eigenvalue weighted by Crippen LogP contribution is -2.40. The second kappa shape index (κ2) is 22.4. The smallest absolute Gasteiger partial charge is 0.410 e. The lowest BCUT2D eigenvalue weighted by atomic mass is 9.90. The van der Waals surface area contributed by atoms with E-state index in [2.05, 4.69) is 110 Å². The average Bonchev–Trinajstić information content (AvgIpc) is 3.21. The van der Waals surface area contributed by atoms with Gasteiger partial charge in [-0.3, -0.25) is 0 Å². The third-order valence-corrected chi connectivity index (χ3v) is 9.04. The highest BCUT2D eigenvalue weighted by Gasteiger charge is 2.27. The van der Waals surface area contributed by atoms with Crippen LogP contribution in [0, 0.1) is 0 Å². The zero-order valence-corrected chi connectivity index (χ0v) is 34.6. The van der Waals surface area contributed by atoms with Crippen LogP contribution in [0.1, 0.15) is 78.9 Å². The molecule has 2 aliphatic heterocycles. The molecule has 0 fully saturated rings. The Morgan fingerprint density at radius 1 is 0.569 bits per heavy atom. The van der Waals surface area contributed by atoms with Crippen LogP contribution in [-0.4, -0.2) is 71.7 Å². The van der Waals surface area contributed by atoms with Crippen LogP contribution in [0.4, 0.5) is 9.59 Å². The van der Waals surface area contributed by atoms with Crippen molar-refractivity contribution in [1.29, 1.82) is 0 Å². The Bertz CT molecular complexity index is 2070. The number of amides is 2. The van der Waals surface area contributed by atoms with Crippen LogP contribution >= 0.6 is 0 Å². The summed E-state index contributed by atoms with van der Waals surface area (Å²) in [7, 11) is 0. The number of benzene rings is 4. The van der Waals surface area contributed by atoms with Crippen molar-refractivity contribution in [3.8, 4) is 22.3 Å². The maximum absolute atomic E-state index is 12.4. The molecule has 304 valence electrons. The van der Waals surface area contributed by atoms with Gasteiger partial charge < -0.3 is 19.3 Å². The minimum Gasteiger partial charge on any atom is -0.444 e. The van der Waals surface area contributed by atoms with E-state index in [0.29, 0.717) is 26.2 Å². The maximum Gasteiger partial charge on any atom is 0.410 e. The lowest BCUT2D eigenvalue weighted by Gasteiger charge is -2.32. The second-order valence-electron chi connectivity index (χ2n) is 15.6. The molecular formula is C48H54N2O8. The average molecular weight is 787 g/mol. The SMILES string of the molecule is CC(C)(C)OC(=O)N1CC=C(c2cccc(-c3ccccc3)c2)CC1.CCC1=C(c2cccc(-c3ccccc3)c2)CCN(C(=O)OC(C)(C)C)C1.O=C=O.O=C=O. The highest BCUT2D eigenvalue weighted by molar-refractivity contribution is 5.78. The summed E-state index contributed by atoms with van der Waals surface area (Å²) < 4.78 is 11.0. The molecule has 0 aliphatic carbocycles. The fourth-order valence-corrected chi connectivity index (χ4v) is 6.45.